The normalized spacial score (nSPS) is 11.3. The van der Waals surface area contributed by atoms with Crippen molar-refractivity contribution in [2.45, 2.75) is 26.1 Å². The van der Waals surface area contributed by atoms with Crippen LogP contribution in [0.15, 0.2) is 42.5 Å². The van der Waals surface area contributed by atoms with Crippen molar-refractivity contribution < 1.29 is 4.79 Å². The van der Waals surface area contributed by atoms with E-state index in [1.54, 1.807) is 6.07 Å². The Labute approximate surface area is 148 Å². The quantitative estimate of drug-likeness (QED) is 0.775. The number of hydrogen-bond donors (Lipinski definition) is 1. The molecule has 1 N–H and O–H groups in total. The lowest BCUT2D eigenvalue weighted by Crippen LogP contribution is -2.37. The van der Waals surface area contributed by atoms with Gasteiger partial charge in [0, 0.05) is 12.1 Å². The molecule has 0 fully saturated rings. The average molecular weight is 366 g/mol. The third-order valence-corrected chi connectivity index (χ3v) is 6.50. The summed E-state index contributed by atoms with van der Waals surface area (Å²) in [6, 6.07) is 13.5. The summed E-state index contributed by atoms with van der Waals surface area (Å²) in [4.78, 5) is 12.2. The second-order valence-corrected chi connectivity index (χ2v) is 12.5. The van der Waals surface area contributed by atoms with E-state index < -0.39 is 8.07 Å². The van der Waals surface area contributed by atoms with Gasteiger partial charge in [-0.3, -0.25) is 4.79 Å². The van der Waals surface area contributed by atoms with Crippen LogP contribution in [0, 0.1) is 0 Å². The zero-order valence-electron chi connectivity index (χ0n) is 13.6. The van der Waals surface area contributed by atoms with Gasteiger partial charge >= 0.3 is 0 Å². The number of benzene rings is 2. The molecule has 1 amide bonds. The summed E-state index contributed by atoms with van der Waals surface area (Å²) in [6.45, 7) is 7.44. The van der Waals surface area contributed by atoms with Crippen molar-refractivity contribution in [3.63, 3.8) is 0 Å². The molecule has 0 saturated carbocycles. The average Bonchev–Trinajstić information content (AvgIpc) is 2.50. The lowest BCUT2D eigenvalue weighted by molar-refractivity contribution is 0.0954. The van der Waals surface area contributed by atoms with E-state index in [1.807, 2.05) is 24.3 Å². The van der Waals surface area contributed by atoms with Crippen LogP contribution in [0.5, 0.6) is 0 Å². The summed E-state index contributed by atoms with van der Waals surface area (Å²) in [5.41, 5.74) is 1.75. The van der Waals surface area contributed by atoms with Crippen molar-refractivity contribution in [2.75, 3.05) is 6.54 Å². The van der Waals surface area contributed by atoms with E-state index in [0.29, 0.717) is 22.2 Å². The van der Waals surface area contributed by atoms with Gasteiger partial charge in [0.25, 0.3) is 5.91 Å². The zero-order chi connectivity index (χ0) is 17.0. The number of hydrogen-bond acceptors (Lipinski definition) is 1. The minimum atomic E-state index is -1.33. The highest BCUT2D eigenvalue weighted by Crippen LogP contribution is 2.22. The largest absolute Gasteiger partial charge is 0.352 e. The molecule has 2 rings (SSSR count). The standard InChI is InChI=1S/C18H21Cl2NOSi/c1-23(2,3)15-7-5-14(6-8-15)18(22)21-11-10-13-4-9-16(19)17(20)12-13/h4-9,12H,10-11H2,1-3H3,(H,21,22). The third-order valence-electron chi connectivity index (χ3n) is 3.70. The van der Waals surface area contributed by atoms with E-state index in [0.717, 1.165) is 12.0 Å². The molecule has 0 aliphatic heterocycles. The minimum Gasteiger partial charge on any atom is -0.352 e. The lowest BCUT2D eigenvalue weighted by atomic mass is 10.1. The van der Waals surface area contributed by atoms with Gasteiger partial charge in [0.1, 0.15) is 0 Å². The Morgan fingerprint density at radius 2 is 1.65 bits per heavy atom. The van der Waals surface area contributed by atoms with Crippen LogP contribution in [0.25, 0.3) is 0 Å². The van der Waals surface area contributed by atoms with Crippen LogP contribution < -0.4 is 10.5 Å². The first kappa shape index (κ1) is 18.1. The Kier molecular flexibility index (Phi) is 5.90. The number of carbonyl (C=O) groups is 1. The maximum atomic E-state index is 12.2. The molecule has 23 heavy (non-hydrogen) atoms. The molecule has 0 aliphatic carbocycles. The third kappa shape index (κ3) is 5.10. The molecule has 0 heterocycles. The highest BCUT2D eigenvalue weighted by atomic mass is 35.5. The fourth-order valence-electron chi connectivity index (χ4n) is 2.24. The van der Waals surface area contributed by atoms with Gasteiger partial charge in [-0.25, -0.2) is 0 Å². The summed E-state index contributed by atoms with van der Waals surface area (Å²) in [7, 11) is -1.33. The Bertz CT molecular complexity index is 693. The van der Waals surface area contributed by atoms with Gasteiger partial charge in [0.15, 0.2) is 0 Å². The molecule has 2 nitrogen and oxygen atoms in total. The number of nitrogens with one attached hydrogen (secondary N) is 1. The van der Waals surface area contributed by atoms with Crippen LogP contribution in [-0.4, -0.2) is 20.5 Å². The SMILES string of the molecule is C[Si](C)(C)c1ccc(C(=O)NCCc2ccc(Cl)c(Cl)c2)cc1. The first-order chi connectivity index (χ1) is 10.8. The molecule has 0 saturated heterocycles. The smallest absolute Gasteiger partial charge is 0.251 e. The van der Waals surface area contributed by atoms with Crippen LogP contribution in [0.2, 0.25) is 29.7 Å². The van der Waals surface area contributed by atoms with E-state index in [1.165, 1.54) is 5.19 Å². The summed E-state index contributed by atoms with van der Waals surface area (Å²) in [6.07, 6.45) is 0.718. The van der Waals surface area contributed by atoms with Crippen LogP contribution in [0.4, 0.5) is 0 Å². The van der Waals surface area contributed by atoms with Gasteiger partial charge in [-0.15, -0.1) is 0 Å². The molecule has 0 aromatic heterocycles. The second kappa shape index (κ2) is 7.52. The predicted molar refractivity (Wildman–Crippen MR) is 102 cm³/mol. The van der Waals surface area contributed by atoms with Crippen molar-refractivity contribution in [2.24, 2.45) is 0 Å². The summed E-state index contributed by atoms with van der Waals surface area (Å²) < 4.78 is 0. The van der Waals surface area contributed by atoms with Gasteiger partial charge in [-0.05, 0) is 36.2 Å². The van der Waals surface area contributed by atoms with Crippen molar-refractivity contribution in [1.82, 2.24) is 5.32 Å². The number of carbonyl (C=O) groups excluding carboxylic acids is 1. The fourth-order valence-corrected chi connectivity index (χ4v) is 3.73. The van der Waals surface area contributed by atoms with Crippen LogP contribution in [-0.2, 0) is 6.42 Å². The molecule has 0 aliphatic rings. The van der Waals surface area contributed by atoms with E-state index >= 15 is 0 Å². The molecule has 0 radical (unpaired) electrons. The van der Waals surface area contributed by atoms with Crippen molar-refractivity contribution in [1.29, 1.82) is 0 Å². The minimum absolute atomic E-state index is 0.0489. The Hall–Kier alpha value is -1.29. The summed E-state index contributed by atoms with van der Waals surface area (Å²) >= 11 is 11.9. The maximum Gasteiger partial charge on any atom is 0.251 e. The molecule has 0 unspecified atom stereocenters. The molecule has 0 spiro atoms. The molecule has 5 heteroatoms. The van der Waals surface area contributed by atoms with Crippen molar-refractivity contribution >= 4 is 42.4 Å². The maximum absolute atomic E-state index is 12.2. The predicted octanol–water partition coefficient (Wildman–Crippen LogP) is 4.51. The first-order valence-corrected chi connectivity index (χ1v) is 11.9. The monoisotopic (exact) mass is 365 g/mol. The zero-order valence-corrected chi connectivity index (χ0v) is 16.1. The van der Waals surface area contributed by atoms with Crippen LogP contribution in [0.1, 0.15) is 15.9 Å². The number of halogens is 2. The molecule has 0 bridgehead atoms. The van der Waals surface area contributed by atoms with E-state index in [9.17, 15) is 4.79 Å². The van der Waals surface area contributed by atoms with Crippen LogP contribution >= 0.6 is 23.2 Å². The van der Waals surface area contributed by atoms with Crippen molar-refractivity contribution in [3.05, 3.63) is 63.6 Å². The molecular formula is C18H21Cl2NOSi. The highest BCUT2D eigenvalue weighted by Gasteiger charge is 2.16. The van der Waals surface area contributed by atoms with Crippen LogP contribution in [0.3, 0.4) is 0 Å². The fraction of sp³-hybridized carbons (Fsp3) is 0.278. The van der Waals surface area contributed by atoms with Gasteiger partial charge in [-0.1, -0.05) is 66.2 Å². The summed E-state index contributed by atoms with van der Waals surface area (Å²) in [5.74, 6) is -0.0489. The molecule has 2 aromatic carbocycles. The lowest BCUT2D eigenvalue weighted by Gasteiger charge is -2.16. The first-order valence-electron chi connectivity index (χ1n) is 7.60. The number of rotatable bonds is 5. The molecule has 2 aromatic rings. The Morgan fingerprint density at radius 3 is 2.22 bits per heavy atom. The van der Waals surface area contributed by atoms with Gasteiger partial charge < -0.3 is 5.32 Å². The molecule has 122 valence electrons. The van der Waals surface area contributed by atoms with Gasteiger partial charge in [-0.2, -0.15) is 0 Å². The Morgan fingerprint density at radius 1 is 1.00 bits per heavy atom. The molecule has 0 atom stereocenters. The highest BCUT2D eigenvalue weighted by molar-refractivity contribution is 6.88. The summed E-state index contributed by atoms with van der Waals surface area (Å²) in [5, 5.41) is 5.37. The number of amides is 1. The van der Waals surface area contributed by atoms with E-state index in [2.05, 4.69) is 37.1 Å². The molecular weight excluding hydrogens is 345 g/mol. The topological polar surface area (TPSA) is 29.1 Å². The Balaban J connectivity index is 1.90. The van der Waals surface area contributed by atoms with E-state index in [4.69, 9.17) is 23.2 Å². The van der Waals surface area contributed by atoms with E-state index in [-0.39, 0.29) is 5.91 Å². The van der Waals surface area contributed by atoms with Gasteiger partial charge in [0.2, 0.25) is 0 Å². The van der Waals surface area contributed by atoms with Crippen molar-refractivity contribution in [3.8, 4) is 0 Å². The van der Waals surface area contributed by atoms with Gasteiger partial charge in [0.05, 0.1) is 18.1 Å². The second-order valence-electron chi connectivity index (χ2n) is 6.58.